The molecule has 0 aliphatic rings. The summed E-state index contributed by atoms with van der Waals surface area (Å²) >= 11 is 0. The van der Waals surface area contributed by atoms with Crippen LogP contribution in [0.5, 0.6) is 5.75 Å². The third kappa shape index (κ3) is 3.65. The second-order valence-corrected chi connectivity index (χ2v) is 3.83. The summed E-state index contributed by atoms with van der Waals surface area (Å²) in [6.45, 7) is 1.64. The van der Waals surface area contributed by atoms with Gasteiger partial charge < -0.3 is 14.5 Å². The van der Waals surface area contributed by atoms with Gasteiger partial charge in [0, 0.05) is 18.7 Å². The molecule has 2 aromatic rings. The van der Waals surface area contributed by atoms with Crippen LogP contribution in [0.25, 0.3) is 0 Å². The molecule has 0 saturated carbocycles. The highest BCUT2D eigenvalue weighted by Crippen LogP contribution is 2.12. The Morgan fingerprint density at radius 3 is 2.56 bits per heavy atom. The molecule has 1 N–H and O–H groups in total. The molecule has 92 valence electrons. The van der Waals surface area contributed by atoms with Gasteiger partial charge in [-0.2, -0.15) is 5.26 Å². The Morgan fingerprint density at radius 2 is 1.89 bits per heavy atom. The van der Waals surface area contributed by atoms with Crippen LogP contribution >= 0.6 is 0 Å². The van der Waals surface area contributed by atoms with Gasteiger partial charge in [0.25, 0.3) is 0 Å². The van der Waals surface area contributed by atoms with E-state index >= 15 is 0 Å². The molecule has 1 aromatic carbocycles. The second kappa shape index (κ2) is 6.48. The number of hydrogen-bond acceptors (Lipinski definition) is 4. The molecule has 0 unspecified atom stereocenters. The van der Waals surface area contributed by atoms with Crippen molar-refractivity contribution in [1.29, 1.82) is 5.26 Å². The maximum atomic E-state index is 8.40. The van der Waals surface area contributed by atoms with E-state index in [1.807, 2.05) is 36.4 Å². The van der Waals surface area contributed by atoms with E-state index in [4.69, 9.17) is 14.4 Å². The van der Waals surface area contributed by atoms with Crippen LogP contribution in [-0.4, -0.2) is 6.61 Å². The van der Waals surface area contributed by atoms with E-state index in [1.54, 1.807) is 12.5 Å². The van der Waals surface area contributed by atoms with Gasteiger partial charge in [-0.3, -0.25) is 0 Å². The zero-order chi connectivity index (χ0) is 12.6. The van der Waals surface area contributed by atoms with E-state index in [0.717, 1.165) is 24.4 Å². The van der Waals surface area contributed by atoms with Gasteiger partial charge in [0.2, 0.25) is 0 Å². The van der Waals surface area contributed by atoms with Gasteiger partial charge in [0.1, 0.15) is 11.8 Å². The number of nitrogens with one attached hydrogen (secondary N) is 1. The van der Waals surface area contributed by atoms with Gasteiger partial charge in [-0.25, -0.2) is 0 Å². The molecular weight excluding hydrogens is 228 g/mol. The van der Waals surface area contributed by atoms with Gasteiger partial charge >= 0.3 is 0 Å². The quantitative estimate of drug-likeness (QED) is 0.845. The summed E-state index contributed by atoms with van der Waals surface area (Å²) in [7, 11) is 0. The zero-order valence-corrected chi connectivity index (χ0v) is 9.93. The van der Waals surface area contributed by atoms with E-state index < -0.39 is 0 Å². The fraction of sp³-hybridized carbons (Fsp3) is 0.214. The Kier molecular flexibility index (Phi) is 4.39. The molecule has 0 aliphatic carbocycles. The van der Waals surface area contributed by atoms with Crippen molar-refractivity contribution in [2.24, 2.45) is 0 Å². The SMILES string of the molecule is N#CCOc1ccc(CNCc2ccoc2)cc1. The van der Waals surface area contributed by atoms with Crippen molar-refractivity contribution in [2.75, 3.05) is 6.61 Å². The van der Waals surface area contributed by atoms with Crippen molar-refractivity contribution in [1.82, 2.24) is 5.32 Å². The summed E-state index contributed by atoms with van der Waals surface area (Å²) in [6, 6.07) is 11.6. The predicted octanol–water partition coefficient (Wildman–Crippen LogP) is 2.47. The number of nitrogens with zero attached hydrogens (tertiary/aromatic N) is 1. The Hall–Kier alpha value is -2.25. The van der Waals surface area contributed by atoms with Gasteiger partial charge in [-0.15, -0.1) is 0 Å². The molecule has 0 atom stereocenters. The molecule has 0 saturated heterocycles. The average molecular weight is 242 g/mol. The molecule has 1 heterocycles. The van der Waals surface area contributed by atoms with Crippen LogP contribution in [0.4, 0.5) is 0 Å². The average Bonchev–Trinajstić information content (AvgIpc) is 2.91. The molecule has 0 radical (unpaired) electrons. The van der Waals surface area contributed by atoms with Crippen LogP contribution in [0, 0.1) is 11.3 Å². The first-order chi connectivity index (χ1) is 8.88. The van der Waals surface area contributed by atoms with Crippen molar-refractivity contribution in [2.45, 2.75) is 13.1 Å². The first kappa shape index (κ1) is 12.2. The molecule has 0 bridgehead atoms. The first-order valence-corrected chi connectivity index (χ1v) is 5.69. The van der Waals surface area contributed by atoms with Crippen molar-refractivity contribution in [3.63, 3.8) is 0 Å². The molecule has 4 heteroatoms. The van der Waals surface area contributed by atoms with Gasteiger partial charge in [-0.1, -0.05) is 12.1 Å². The summed E-state index contributed by atoms with van der Waals surface area (Å²) in [4.78, 5) is 0. The minimum atomic E-state index is 0.0814. The minimum Gasteiger partial charge on any atom is -0.479 e. The second-order valence-electron chi connectivity index (χ2n) is 3.83. The summed E-state index contributed by atoms with van der Waals surface area (Å²) in [5, 5.41) is 11.7. The zero-order valence-electron chi connectivity index (χ0n) is 9.93. The Labute approximate surface area is 106 Å². The van der Waals surface area contributed by atoms with E-state index in [9.17, 15) is 0 Å². The summed E-state index contributed by atoms with van der Waals surface area (Å²) in [5.41, 5.74) is 2.30. The maximum Gasteiger partial charge on any atom is 0.174 e. The monoisotopic (exact) mass is 242 g/mol. The van der Waals surface area contributed by atoms with Crippen LogP contribution in [0.1, 0.15) is 11.1 Å². The maximum absolute atomic E-state index is 8.40. The lowest BCUT2D eigenvalue weighted by Gasteiger charge is -2.05. The predicted molar refractivity (Wildman–Crippen MR) is 66.8 cm³/mol. The van der Waals surface area contributed by atoms with E-state index in [1.165, 1.54) is 5.56 Å². The highest BCUT2D eigenvalue weighted by molar-refractivity contribution is 5.27. The topological polar surface area (TPSA) is 58.2 Å². The van der Waals surface area contributed by atoms with Crippen LogP contribution in [0.2, 0.25) is 0 Å². The molecule has 18 heavy (non-hydrogen) atoms. The number of benzene rings is 1. The normalized spacial score (nSPS) is 9.94. The Morgan fingerprint density at radius 1 is 1.11 bits per heavy atom. The number of nitriles is 1. The highest BCUT2D eigenvalue weighted by atomic mass is 16.5. The van der Waals surface area contributed by atoms with E-state index in [-0.39, 0.29) is 6.61 Å². The molecule has 2 rings (SSSR count). The Balaban J connectivity index is 1.78. The number of ether oxygens (including phenoxy) is 1. The van der Waals surface area contributed by atoms with Gasteiger partial charge in [0.15, 0.2) is 6.61 Å². The number of furan rings is 1. The molecule has 4 nitrogen and oxygen atoms in total. The number of hydrogen-bond donors (Lipinski definition) is 1. The largest absolute Gasteiger partial charge is 0.479 e. The van der Waals surface area contributed by atoms with Crippen LogP contribution in [0.3, 0.4) is 0 Å². The van der Waals surface area contributed by atoms with Gasteiger partial charge in [-0.05, 0) is 23.8 Å². The lowest BCUT2D eigenvalue weighted by atomic mass is 10.2. The standard InChI is InChI=1S/C14H14N2O2/c15-6-8-18-14-3-1-12(2-4-14)9-16-10-13-5-7-17-11-13/h1-5,7,11,16H,8-10H2. The smallest absolute Gasteiger partial charge is 0.174 e. The fourth-order valence-corrected chi connectivity index (χ4v) is 1.56. The highest BCUT2D eigenvalue weighted by Gasteiger charge is 1.97. The van der Waals surface area contributed by atoms with Gasteiger partial charge in [0.05, 0.1) is 12.5 Å². The third-order valence-corrected chi connectivity index (χ3v) is 2.47. The third-order valence-electron chi connectivity index (χ3n) is 2.47. The lowest BCUT2D eigenvalue weighted by molar-refractivity contribution is 0.368. The molecule has 0 aliphatic heterocycles. The lowest BCUT2D eigenvalue weighted by Crippen LogP contribution is -2.11. The molecule has 1 aromatic heterocycles. The van der Waals surface area contributed by atoms with Crippen molar-refractivity contribution < 1.29 is 9.15 Å². The first-order valence-electron chi connectivity index (χ1n) is 5.69. The van der Waals surface area contributed by atoms with E-state index in [0.29, 0.717) is 0 Å². The summed E-state index contributed by atoms with van der Waals surface area (Å²) in [5.74, 6) is 0.718. The molecule has 0 fully saturated rings. The molecule has 0 spiro atoms. The number of rotatable bonds is 6. The summed E-state index contributed by atoms with van der Waals surface area (Å²) in [6.07, 6.45) is 3.39. The Bertz CT molecular complexity index is 498. The van der Waals surface area contributed by atoms with Crippen molar-refractivity contribution in [3.8, 4) is 11.8 Å². The van der Waals surface area contributed by atoms with Crippen molar-refractivity contribution in [3.05, 3.63) is 54.0 Å². The van der Waals surface area contributed by atoms with Crippen LogP contribution in [-0.2, 0) is 13.1 Å². The van der Waals surface area contributed by atoms with E-state index in [2.05, 4.69) is 5.32 Å². The van der Waals surface area contributed by atoms with Crippen molar-refractivity contribution >= 4 is 0 Å². The molecular formula is C14H14N2O2. The van der Waals surface area contributed by atoms with Crippen LogP contribution in [0.15, 0.2) is 47.3 Å². The minimum absolute atomic E-state index is 0.0814. The molecule has 0 amide bonds. The van der Waals surface area contributed by atoms with Crippen LogP contribution < -0.4 is 10.1 Å². The summed E-state index contributed by atoms with van der Waals surface area (Å²) < 4.78 is 10.2. The fourth-order valence-electron chi connectivity index (χ4n) is 1.56.